The van der Waals surface area contributed by atoms with Gasteiger partial charge in [0.2, 0.25) is 5.91 Å². The molecule has 1 amide bonds. The molecule has 0 saturated heterocycles. The second-order valence-corrected chi connectivity index (χ2v) is 13.6. The van der Waals surface area contributed by atoms with Gasteiger partial charge in [-0.3, -0.25) is 9.78 Å². The molecule has 16 heteroatoms. The van der Waals surface area contributed by atoms with E-state index in [0.717, 1.165) is 10.8 Å². The highest BCUT2D eigenvalue weighted by Gasteiger charge is 2.38. The van der Waals surface area contributed by atoms with E-state index in [1.54, 1.807) is 44.3 Å². The van der Waals surface area contributed by atoms with Crippen molar-refractivity contribution in [2.45, 2.75) is 69.6 Å². The Bertz CT molecular complexity index is 1890. The largest absolute Gasteiger partial charge is 0.490 e. The molecule has 1 unspecified atom stereocenters. The van der Waals surface area contributed by atoms with Crippen molar-refractivity contribution in [1.82, 2.24) is 15.3 Å². The van der Waals surface area contributed by atoms with Crippen molar-refractivity contribution in [3.05, 3.63) is 78.2 Å². The SMILES string of the molecule is CCOc1cc(C(Nc2ccc3c(N)nccc3c2)C(=O)NCc2ncccc2S(=O)(=O)C(C)C)ccc1OC(C)C.O=C(O)C(F)(F)F. The molecule has 0 aliphatic heterocycles. The molecular formula is C33H38F3N5O7S. The van der Waals surface area contributed by atoms with E-state index in [2.05, 4.69) is 20.6 Å². The number of alkyl halides is 3. The first-order valence-corrected chi connectivity index (χ1v) is 16.6. The Kier molecular flexibility index (Phi) is 12.8. The maximum absolute atomic E-state index is 13.8. The molecule has 0 saturated carbocycles. The maximum atomic E-state index is 13.8. The molecule has 0 radical (unpaired) electrons. The number of carboxylic acids is 1. The van der Waals surface area contributed by atoms with E-state index in [1.165, 1.54) is 12.3 Å². The molecule has 4 aromatic rings. The quantitative estimate of drug-likeness (QED) is 0.142. The number of nitrogens with two attached hydrogens (primary N) is 1. The lowest BCUT2D eigenvalue weighted by molar-refractivity contribution is -0.192. The molecule has 0 bridgehead atoms. The fourth-order valence-electron chi connectivity index (χ4n) is 4.42. The number of pyridine rings is 2. The van der Waals surface area contributed by atoms with Gasteiger partial charge in [-0.15, -0.1) is 0 Å². The van der Waals surface area contributed by atoms with Gasteiger partial charge in [0.25, 0.3) is 0 Å². The number of rotatable bonds is 12. The number of carbonyl (C=O) groups excluding carboxylic acids is 1. The van der Waals surface area contributed by atoms with E-state index < -0.39 is 33.3 Å². The third kappa shape index (κ3) is 10.2. The van der Waals surface area contributed by atoms with Crippen molar-refractivity contribution in [2.24, 2.45) is 0 Å². The maximum Gasteiger partial charge on any atom is 0.490 e. The number of carbonyl (C=O) groups is 2. The molecule has 0 aliphatic rings. The number of benzene rings is 2. The van der Waals surface area contributed by atoms with Crippen LogP contribution in [-0.2, 0) is 26.0 Å². The van der Waals surface area contributed by atoms with Crippen molar-refractivity contribution in [3.63, 3.8) is 0 Å². The average molecular weight is 706 g/mol. The summed E-state index contributed by atoms with van der Waals surface area (Å²) < 4.78 is 69.4. The lowest BCUT2D eigenvalue weighted by Gasteiger charge is -2.22. The summed E-state index contributed by atoms with van der Waals surface area (Å²) in [7, 11) is -3.60. The number of halogens is 3. The summed E-state index contributed by atoms with van der Waals surface area (Å²) in [5.74, 6) is -1.65. The first-order chi connectivity index (χ1) is 22.9. The number of aliphatic carboxylic acids is 1. The van der Waals surface area contributed by atoms with Crippen molar-refractivity contribution in [2.75, 3.05) is 17.7 Å². The van der Waals surface area contributed by atoms with E-state index >= 15 is 0 Å². The molecule has 1 atom stereocenters. The summed E-state index contributed by atoms with van der Waals surface area (Å²) in [6.45, 7) is 9.28. The molecule has 0 spiro atoms. The highest BCUT2D eigenvalue weighted by molar-refractivity contribution is 7.92. The zero-order chi connectivity index (χ0) is 36.5. The first-order valence-electron chi connectivity index (χ1n) is 15.0. The molecule has 2 aromatic heterocycles. The van der Waals surface area contributed by atoms with Crippen molar-refractivity contribution < 1.29 is 45.8 Å². The van der Waals surface area contributed by atoms with Gasteiger partial charge in [-0.25, -0.2) is 18.2 Å². The van der Waals surface area contributed by atoms with Crippen LogP contribution in [0.15, 0.2) is 71.9 Å². The number of nitrogens with one attached hydrogen (secondary N) is 2. The Labute approximate surface area is 281 Å². The Morgan fingerprint density at radius 3 is 2.29 bits per heavy atom. The molecule has 5 N–H and O–H groups in total. The van der Waals surface area contributed by atoms with E-state index in [0.29, 0.717) is 35.2 Å². The number of hydrogen-bond acceptors (Lipinski definition) is 10. The fourth-order valence-corrected chi connectivity index (χ4v) is 5.65. The highest BCUT2D eigenvalue weighted by Crippen LogP contribution is 2.33. The van der Waals surface area contributed by atoms with Crippen LogP contribution in [0, 0.1) is 0 Å². The second kappa shape index (κ2) is 16.3. The van der Waals surface area contributed by atoms with Gasteiger partial charge in [-0.05, 0) is 94.1 Å². The number of hydrogen-bond donors (Lipinski definition) is 4. The molecular weight excluding hydrogens is 667 g/mol. The predicted molar refractivity (Wildman–Crippen MR) is 178 cm³/mol. The number of nitrogen functional groups attached to an aromatic ring is 1. The second-order valence-electron chi connectivity index (χ2n) is 11.1. The van der Waals surface area contributed by atoms with Crippen molar-refractivity contribution in [1.29, 1.82) is 0 Å². The van der Waals surface area contributed by atoms with Crippen LogP contribution in [0.4, 0.5) is 24.7 Å². The van der Waals surface area contributed by atoms with Gasteiger partial charge < -0.3 is 30.9 Å². The molecule has 0 aliphatic carbocycles. The van der Waals surface area contributed by atoms with Gasteiger partial charge in [-0.2, -0.15) is 13.2 Å². The summed E-state index contributed by atoms with van der Waals surface area (Å²) in [6, 6.07) is 15.0. The normalized spacial score (nSPS) is 12.2. The lowest BCUT2D eigenvalue weighted by Crippen LogP contribution is -2.34. The number of fused-ring (bicyclic) bond motifs is 1. The smallest absolute Gasteiger partial charge is 0.490 e. The number of ether oxygens (including phenoxy) is 2. The zero-order valence-corrected chi connectivity index (χ0v) is 28.2. The summed E-state index contributed by atoms with van der Waals surface area (Å²) in [5.41, 5.74) is 7.59. The van der Waals surface area contributed by atoms with E-state index in [4.69, 9.17) is 25.1 Å². The van der Waals surface area contributed by atoms with Crippen molar-refractivity contribution in [3.8, 4) is 11.5 Å². The topological polar surface area (TPSA) is 183 Å². The Hall–Kier alpha value is -5.12. The van der Waals surface area contributed by atoms with Gasteiger partial charge in [0.1, 0.15) is 11.9 Å². The molecule has 49 heavy (non-hydrogen) atoms. The molecule has 2 aromatic carbocycles. The van der Waals surface area contributed by atoms with Crippen LogP contribution in [0.2, 0.25) is 0 Å². The van der Waals surface area contributed by atoms with Gasteiger partial charge in [0.15, 0.2) is 21.3 Å². The minimum Gasteiger partial charge on any atom is -0.490 e. The van der Waals surface area contributed by atoms with Crippen LogP contribution in [0.5, 0.6) is 11.5 Å². The van der Waals surface area contributed by atoms with E-state index in [-0.39, 0.29) is 29.1 Å². The third-order valence-corrected chi connectivity index (χ3v) is 9.01. The minimum atomic E-state index is -5.08. The summed E-state index contributed by atoms with van der Waals surface area (Å²) in [5, 5.41) is 14.4. The van der Waals surface area contributed by atoms with E-state index in [1.807, 2.05) is 45.0 Å². The van der Waals surface area contributed by atoms with Crippen LogP contribution < -0.4 is 25.8 Å². The molecule has 12 nitrogen and oxygen atoms in total. The minimum absolute atomic E-state index is 0.0681. The number of carboxylic acid groups (broad SMARTS) is 1. The summed E-state index contributed by atoms with van der Waals surface area (Å²) in [4.78, 5) is 31.2. The van der Waals surface area contributed by atoms with Gasteiger partial charge >= 0.3 is 12.1 Å². The number of nitrogens with zero attached hydrogens (tertiary/aromatic N) is 2. The van der Waals surface area contributed by atoms with Gasteiger partial charge in [0, 0.05) is 23.5 Å². The number of amides is 1. The summed E-state index contributed by atoms with van der Waals surface area (Å²) in [6.07, 6.45) is -2.02. The summed E-state index contributed by atoms with van der Waals surface area (Å²) >= 11 is 0. The van der Waals surface area contributed by atoms with Crippen LogP contribution in [0.1, 0.15) is 51.9 Å². The number of anilines is 2. The predicted octanol–water partition coefficient (Wildman–Crippen LogP) is 5.68. The molecule has 264 valence electrons. The molecule has 4 rings (SSSR count). The van der Waals surface area contributed by atoms with Crippen LogP contribution in [0.25, 0.3) is 10.8 Å². The monoisotopic (exact) mass is 705 g/mol. The number of sulfone groups is 1. The Balaban J connectivity index is 0.000000838. The average Bonchev–Trinajstić information content (AvgIpc) is 3.03. The Morgan fingerprint density at radius 1 is 0.980 bits per heavy atom. The highest BCUT2D eigenvalue weighted by atomic mass is 32.2. The van der Waals surface area contributed by atoms with Crippen LogP contribution in [-0.4, -0.2) is 59.5 Å². The fraction of sp³-hybridized carbons (Fsp3) is 0.333. The molecule has 2 heterocycles. The lowest BCUT2D eigenvalue weighted by atomic mass is 10.0. The van der Waals surface area contributed by atoms with Crippen molar-refractivity contribution >= 4 is 44.0 Å². The van der Waals surface area contributed by atoms with Gasteiger partial charge in [-0.1, -0.05) is 6.07 Å². The molecule has 0 fully saturated rings. The standard InChI is InChI=1S/C31H37N5O5S.C2HF3O2/c1-6-40-27-17-22(9-12-26(27)41-19(2)3)29(36-23-10-11-24-21(16-23)13-15-34-30(24)32)31(37)35-18-25-28(8-7-14-33-25)42(38,39)20(4)5;3-2(4,5)1(6)7/h7-17,19-20,29,36H,6,18H2,1-5H3,(H2,32,34)(H,35,37);(H,6,7). The van der Waals surface area contributed by atoms with Crippen LogP contribution >= 0.6 is 0 Å². The third-order valence-electron chi connectivity index (χ3n) is 6.78. The van der Waals surface area contributed by atoms with Gasteiger partial charge in [0.05, 0.1) is 35.1 Å². The number of aromatic nitrogens is 2. The van der Waals surface area contributed by atoms with Crippen LogP contribution in [0.3, 0.4) is 0 Å². The zero-order valence-electron chi connectivity index (χ0n) is 27.4. The Morgan fingerprint density at radius 2 is 1.67 bits per heavy atom. The van der Waals surface area contributed by atoms with E-state index in [9.17, 15) is 26.4 Å². The first kappa shape index (κ1) is 38.3.